The van der Waals surface area contributed by atoms with Crippen LogP contribution in [-0.2, 0) is 24.3 Å². The second kappa shape index (κ2) is 8.31. The molecule has 3 aromatic rings. The molecule has 0 saturated carbocycles. The molecule has 0 aliphatic carbocycles. The number of rotatable bonds is 6. The third-order valence-corrected chi connectivity index (χ3v) is 4.26. The van der Waals surface area contributed by atoms with Crippen LogP contribution >= 0.6 is 0 Å². The molecule has 0 radical (unpaired) electrons. The number of amides is 1. The van der Waals surface area contributed by atoms with Crippen molar-refractivity contribution in [3.63, 3.8) is 0 Å². The van der Waals surface area contributed by atoms with Crippen LogP contribution in [0.15, 0.2) is 76.6 Å². The van der Waals surface area contributed by atoms with E-state index in [9.17, 15) is 14.4 Å². The average molecular weight is 363 g/mol. The SMILES string of the molecule is Cc1ccc(NC(=O)Cn2ccn(CCc3ccccc3)c(=O)c2=O)cc1. The first-order chi connectivity index (χ1) is 13.0. The average Bonchev–Trinajstić information content (AvgIpc) is 2.67. The molecule has 0 saturated heterocycles. The van der Waals surface area contributed by atoms with Crippen molar-refractivity contribution in [1.82, 2.24) is 9.13 Å². The normalized spacial score (nSPS) is 10.6. The smallest absolute Gasteiger partial charge is 0.316 e. The van der Waals surface area contributed by atoms with Crippen LogP contribution in [0.25, 0.3) is 0 Å². The second-order valence-corrected chi connectivity index (χ2v) is 6.38. The Bertz CT molecular complexity index is 1030. The quantitative estimate of drug-likeness (QED) is 0.683. The number of nitrogens with zero attached hydrogens (tertiary/aromatic N) is 2. The van der Waals surface area contributed by atoms with Gasteiger partial charge in [0.05, 0.1) is 0 Å². The maximum Gasteiger partial charge on any atom is 0.316 e. The Hall–Kier alpha value is -3.41. The van der Waals surface area contributed by atoms with E-state index in [1.54, 1.807) is 18.3 Å². The van der Waals surface area contributed by atoms with Crippen LogP contribution in [0.5, 0.6) is 0 Å². The fourth-order valence-electron chi connectivity index (χ4n) is 2.73. The summed E-state index contributed by atoms with van der Waals surface area (Å²) in [6.45, 7) is 2.16. The lowest BCUT2D eigenvalue weighted by Gasteiger charge is -2.10. The largest absolute Gasteiger partial charge is 0.325 e. The minimum absolute atomic E-state index is 0.207. The first kappa shape index (κ1) is 18.4. The molecule has 1 N–H and O–H groups in total. The highest BCUT2D eigenvalue weighted by Gasteiger charge is 2.09. The lowest BCUT2D eigenvalue weighted by atomic mass is 10.1. The number of carbonyl (C=O) groups excluding carboxylic acids is 1. The van der Waals surface area contributed by atoms with Gasteiger partial charge in [0.2, 0.25) is 5.91 Å². The van der Waals surface area contributed by atoms with Gasteiger partial charge < -0.3 is 9.88 Å². The van der Waals surface area contributed by atoms with Crippen LogP contribution in [-0.4, -0.2) is 15.0 Å². The molecule has 0 unspecified atom stereocenters. The van der Waals surface area contributed by atoms with Crippen molar-refractivity contribution in [2.45, 2.75) is 26.4 Å². The zero-order valence-corrected chi connectivity index (χ0v) is 15.1. The van der Waals surface area contributed by atoms with Crippen LogP contribution in [0.2, 0.25) is 0 Å². The van der Waals surface area contributed by atoms with Crippen LogP contribution < -0.4 is 16.4 Å². The molecular formula is C21H21N3O3. The molecule has 0 atom stereocenters. The number of hydrogen-bond acceptors (Lipinski definition) is 3. The molecule has 0 aliphatic rings. The molecule has 27 heavy (non-hydrogen) atoms. The molecule has 2 aromatic carbocycles. The Morgan fingerprint density at radius 2 is 1.52 bits per heavy atom. The third kappa shape index (κ3) is 4.82. The van der Waals surface area contributed by atoms with Gasteiger partial charge in [-0.05, 0) is 31.0 Å². The first-order valence-electron chi connectivity index (χ1n) is 8.73. The molecule has 0 fully saturated rings. The van der Waals surface area contributed by atoms with E-state index in [0.717, 1.165) is 15.7 Å². The monoisotopic (exact) mass is 363 g/mol. The van der Waals surface area contributed by atoms with E-state index in [-0.39, 0.29) is 12.5 Å². The fourth-order valence-corrected chi connectivity index (χ4v) is 2.73. The van der Waals surface area contributed by atoms with Gasteiger partial charge >= 0.3 is 11.1 Å². The summed E-state index contributed by atoms with van der Waals surface area (Å²) >= 11 is 0. The summed E-state index contributed by atoms with van der Waals surface area (Å²) in [4.78, 5) is 36.7. The minimum Gasteiger partial charge on any atom is -0.325 e. The lowest BCUT2D eigenvalue weighted by molar-refractivity contribution is -0.116. The van der Waals surface area contributed by atoms with Gasteiger partial charge in [0.15, 0.2) is 0 Å². The van der Waals surface area contributed by atoms with E-state index in [1.807, 2.05) is 49.4 Å². The summed E-state index contributed by atoms with van der Waals surface area (Å²) in [5, 5.41) is 2.72. The maximum absolute atomic E-state index is 12.3. The fraction of sp³-hybridized carbons (Fsp3) is 0.190. The summed E-state index contributed by atoms with van der Waals surface area (Å²) in [5.74, 6) is -0.359. The van der Waals surface area contributed by atoms with Crippen molar-refractivity contribution in [2.24, 2.45) is 0 Å². The molecule has 3 rings (SSSR count). The Morgan fingerprint density at radius 3 is 2.22 bits per heavy atom. The van der Waals surface area contributed by atoms with Crippen molar-refractivity contribution in [2.75, 3.05) is 5.32 Å². The molecule has 6 heteroatoms. The van der Waals surface area contributed by atoms with E-state index in [1.165, 1.54) is 10.8 Å². The van der Waals surface area contributed by atoms with Crippen LogP contribution in [0, 0.1) is 6.92 Å². The minimum atomic E-state index is -0.704. The third-order valence-electron chi connectivity index (χ3n) is 4.26. The Kier molecular flexibility index (Phi) is 5.66. The topological polar surface area (TPSA) is 73.1 Å². The Labute approximate surface area is 156 Å². The lowest BCUT2D eigenvalue weighted by Crippen LogP contribution is -2.42. The van der Waals surface area contributed by atoms with Crippen molar-refractivity contribution in [3.8, 4) is 0 Å². The van der Waals surface area contributed by atoms with Gasteiger partial charge in [-0.25, -0.2) is 0 Å². The first-order valence-corrected chi connectivity index (χ1v) is 8.73. The zero-order chi connectivity index (χ0) is 19.2. The zero-order valence-electron chi connectivity index (χ0n) is 15.1. The highest BCUT2D eigenvalue weighted by atomic mass is 16.2. The van der Waals surface area contributed by atoms with E-state index in [2.05, 4.69) is 5.32 Å². The second-order valence-electron chi connectivity index (χ2n) is 6.38. The van der Waals surface area contributed by atoms with E-state index in [0.29, 0.717) is 18.7 Å². The summed E-state index contributed by atoms with van der Waals surface area (Å²) < 4.78 is 2.51. The summed E-state index contributed by atoms with van der Waals surface area (Å²) in [6.07, 6.45) is 3.67. The predicted octanol–water partition coefficient (Wildman–Crippen LogP) is 2.20. The number of hydrogen-bond donors (Lipinski definition) is 1. The number of aryl methyl sites for hydroxylation is 3. The van der Waals surface area contributed by atoms with E-state index in [4.69, 9.17) is 0 Å². The van der Waals surface area contributed by atoms with Crippen LogP contribution in [0.4, 0.5) is 5.69 Å². The van der Waals surface area contributed by atoms with Crippen molar-refractivity contribution >= 4 is 11.6 Å². The molecule has 0 bridgehead atoms. The summed E-state index contributed by atoms with van der Waals surface area (Å²) in [7, 11) is 0. The van der Waals surface area contributed by atoms with E-state index < -0.39 is 11.1 Å². The van der Waals surface area contributed by atoms with Gasteiger partial charge in [0.1, 0.15) is 6.54 Å². The standard InChI is InChI=1S/C21H21N3O3/c1-16-7-9-18(10-8-16)22-19(25)15-24-14-13-23(20(26)21(24)27)12-11-17-5-3-2-4-6-17/h2-10,13-14H,11-12,15H2,1H3,(H,22,25). The van der Waals surface area contributed by atoms with Crippen molar-refractivity contribution in [1.29, 1.82) is 0 Å². The number of benzene rings is 2. The van der Waals surface area contributed by atoms with Gasteiger partial charge in [-0.3, -0.25) is 19.0 Å². The molecule has 1 heterocycles. The number of anilines is 1. The Morgan fingerprint density at radius 1 is 0.889 bits per heavy atom. The van der Waals surface area contributed by atoms with Crippen LogP contribution in [0.1, 0.15) is 11.1 Å². The molecule has 1 amide bonds. The van der Waals surface area contributed by atoms with Gasteiger partial charge in [-0.2, -0.15) is 0 Å². The van der Waals surface area contributed by atoms with E-state index >= 15 is 0 Å². The summed E-state index contributed by atoms with van der Waals surface area (Å²) in [6, 6.07) is 17.1. The van der Waals surface area contributed by atoms with Gasteiger partial charge in [-0.1, -0.05) is 48.0 Å². The Balaban J connectivity index is 1.67. The van der Waals surface area contributed by atoms with Crippen molar-refractivity contribution in [3.05, 3.63) is 98.8 Å². The summed E-state index contributed by atoms with van der Waals surface area (Å²) in [5.41, 5.74) is 1.49. The van der Waals surface area contributed by atoms with Gasteiger partial charge in [-0.15, -0.1) is 0 Å². The van der Waals surface area contributed by atoms with Gasteiger partial charge in [0, 0.05) is 24.6 Å². The molecule has 1 aromatic heterocycles. The molecule has 138 valence electrons. The van der Waals surface area contributed by atoms with Crippen molar-refractivity contribution < 1.29 is 4.79 Å². The highest BCUT2D eigenvalue weighted by molar-refractivity contribution is 5.90. The molecule has 0 aliphatic heterocycles. The molecular weight excluding hydrogens is 342 g/mol. The number of nitrogens with one attached hydrogen (secondary N) is 1. The predicted molar refractivity (Wildman–Crippen MR) is 105 cm³/mol. The van der Waals surface area contributed by atoms with Crippen LogP contribution in [0.3, 0.4) is 0 Å². The number of carbonyl (C=O) groups is 1. The van der Waals surface area contributed by atoms with Gasteiger partial charge in [0.25, 0.3) is 0 Å². The molecule has 6 nitrogen and oxygen atoms in total. The highest BCUT2D eigenvalue weighted by Crippen LogP contribution is 2.08. The maximum atomic E-state index is 12.3. The molecule has 0 spiro atoms. The number of aromatic nitrogens is 2.